The van der Waals surface area contributed by atoms with Gasteiger partial charge in [0, 0.05) is 11.6 Å². The maximum absolute atomic E-state index is 13.1. The van der Waals surface area contributed by atoms with Gasteiger partial charge in [-0.25, -0.2) is 9.67 Å². The molecule has 4 rings (SSSR count). The van der Waals surface area contributed by atoms with Crippen LogP contribution in [0.1, 0.15) is 42.2 Å². The summed E-state index contributed by atoms with van der Waals surface area (Å²) in [5, 5.41) is 17.5. The van der Waals surface area contributed by atoms with Gasteiger partial charge in [-0.2, -0.15) is 5.10 Å². The molecule has 7 nitrogen and oxygen atoms in total. The molecule has 142 valence electrons. The number of aryl methyl sites for hydroxylation is 1. The molecule has 28 heavy (non-hydrogen) atoms. The van der Waals surface area contributed by atoms with Crippen LogP contribution in [0.5, 0.6) is 0 Å². The van der Waals surface area contributed by atoms with Gasteiger partial charge in [0.15, 0.2) is 5.65 Å². The van der Waals surface area contributed by atoms with E-state index in [1.807, 2.05) is 55.8 Å². The quantitative estimate of drug-likeness (QED) is 0.546. The molecule has 0 aliphatic rings. The van der Waals surface area contributed by atoms with Crippen LogP contribution in [0, 0.1) is 0 Å². The first-order valence-electron chi connectivity index (χ1n) is 9.14. The molecule has 0 atom stereocenters. The highest BCUT2D eigenvalue weighted by Gasteiger charge is 2.19. The molecule has 1 amide bonds. The zero-order chi connectivity index (χ0) is 19.7. The molecule has 0 spiro atoms. The van der Waals surface area contributed by atoms with Gasteiger partial charge in [0.25, 0.3) is 5.91 Å². The summed E-state index contributed by atoms with van der Waals surface area (Å²) >= 11 is 1.38. The number of carbonyl (C=O) groups is 1. The van der Waals surface area contributed by atoms with Gasteiger partial charge < -0.3 is 0 Å². The van der Waals surface area contributed by atoms with Crippen molar-refractivity contribution < 1.29 is 4.79 Å². The van der Waals surface area contributed by atoms with Crippen molar-refractivity contribution in [2.24, 2.45) is 0 Å². The third kappa shape index (κ3) is 3.38. The Labute approximate surface area is 166 Å². The lowest BCUT2D eigenvalue weighted by molar-refractivity contribution is 0.102. The first-order chi connectivity index (χ1) is 13.6. The van der Waals surface area contributed by atoms with Crippen LogP contribution in [-0.4, -0.2) is 30.9 Å². The molecule has 0 saturated heterocycles. The number of nitrogens with zero attached hydrogens (tertiary/aromatic N) is 5. The van der Waals surface area contributed by atoms with Crippen LogP contribution >= 0.6 is 11.3 Å². The molecule has 0 radical (unpaired) electrons. The predicted octanol–water partition coefficient (Wildman–Crippen LogP) is 4.35. The number of carbonyl (C=O) groups excluding carboxylic acids is 1. The number of nitrogens with one attached hydrogen (secondary N) is 1. The third-order valence-electron chi connectivity index (χ3n) is 4.36. The average molecular weight is 392 g/mol. The van der Waals surface area contributed by atoms with E-state index < -0.39 is 0 Å². The third-order valence-corrected chi connectivity index (χ3v) is 5.34. The van der Waals surface area contributed by atoms with Crippen molar-refractivity contribution in [3.05, 3.63) is 53.2 Å². The van der Waals surface area contributed by atoms with Gasteiger partial charge in [-0.15, -0.1) is 10.2 Å². The second kappa shape index (κ2) is 7.47. The molecule has 8 heteroatoms. The van der Waals surface area contributed by atoms with Gasteiger partial charge in [-0.1, -0.05) is 48.6 Å². The van der Waals surface area contributed by atoms with Crippen LogP contribution < -0.4 is 5.32 Å². The molecule has 3 heterocycles. The Hall–Kier alpha value is -3.13. The van der Waals surface area contributed by atoms with Crippen LogP contribution in [0.4, 0.5) is 5.13 Å². The van der Waals surface area contributed by atoms with Crippen LogP contribution in [0.25, 0.3) is 22.3 Å². The van der Waals surface area contributed by atoms with Gasteiger partial charge >= 0.3 is 0 Å². The standard InChI is InChI=1S/C20H20N6OS/c1-4-17-24-25-20(28-17)23-19(27)14-10-16(13-8-6-5-7-9-13)22-18-15(14)11-21-26(18)12(2)3/h5-12H,4H2,1-3H3,(H,23,25,27). The zero-order valence-electron chi connectivity index (χ0n) is 15.9. The minimum absolute atomic E-state index is 0.127. The van der Waals surface area contributed by atoms with Crippen molar-refractivity contribution in [2.45, 2.75) is 33.2 Å². The molecule has 0 bridgehead atoms. The van der Waals surface area contributed by atoms with E-state index in [4.69, 9.17) is 4.98 Å². The van der Waals surface area contributed by atoms with E-state index in [0.29, 0.717) is 21.7 Å². The maximum Gasteiger partial charge on any atom is 0.258 e. The largest absolute Gasteiger partial charge is 0.296 e. The first kappa shape index (κ1) is 18.2. The fourth-order valence-corrected chi connectivity index (χ4v) is 3.63. The number of hydrogen-bond donors (Lipinski definition) is 1. The molecule has 0 fully saturated rings. The second-order valence-corrected chi connectivity index (χ2v) is 7.71. The molecular formula is C20H20N6OS. The number of amides is 1. The maximum atomic E-state index is 13.1. The molecule has 0 unspecified atom stereocenters. The topological polar surface area (TPSA) is 85.6 Å². The van der Waals surface area contributed by atoms with Gasteiger partial charge in [0.05, 0.1) is 22.8 Å². The minimum Gasteiger partial charge on any atom is -0.296 e. The van der Waals surface area contributed by atoms with E-state index in [2.05, 4.69) is 20.6 Å². The number of rotatable bonds is 5. The van der Waals surface area contributed by atoms with Crippen molar-refractivity contribution in [1.29, 1.82) is 0 Å². The Kier molecular flexibility index (Phi) is 4.87. The van der Waals surface area contributed by atoms with Gasteiger partial charge in [-0.3, -0.25) is 10.1 Å². The molecule has 0 aliphatic heterocycles. The normalized spacial score (nSPS) is 11.3. The summed E-state index contributed by atoms with van der Waals surface area (Å²) < 4.78 is 1.83. The van der Waals surface area contributed by atoms with Crippen molar-refractivity contribution in [1.82, 2.24) is 25.0 Å². The van der Waals surface area contributed by atoms with E-state index in [0.717, 1.165) is 22.7 Å². The summed E-state index contributed by atoms with van der Waals surface area (Å²) in [5.41, 5.74) is 2.88. The minimum atomic E-state index is -0.244. The molecule has 1 aromatic carbocycles. The molecular weight excluding hydrogens is 372 g/mol. The number of aromatic nitrogens is 5. The van der Waals surface area contributed by atoms with Crippen molar-refractivity contribution >= 4 is 33.4 Å². The van der Waals surface area contributed by atoms with Gasteiger partial charge in [0.2, 0.25) is 5.13 Å². The Morgan fingerprint density at radius 2 is 2.00 bits per heavy atom. The summed E-state index contributed by atoms with van der Waals surface area (Å²) in [6, 6.07) is 11.7. The van der Waals surface area contributed by atoms with Crippen LogP contribution in [0.2, 0.25) is 0 Å². The molecule has 1 N–H and O–H groups in total. The van der Waals surface area contributed by atoms with E-state index >= 15 is 0 Å². The highest BCUT2D eigenvalue weighted by Crippen LogP contribution is 2.27. The molecule has 3 aromatic heterocycles. The lowest BCUT2D eigenvalue weighted by Crippen LogP contribution is -2.13. The highest BCUT2D eigenvalue weighted by atomic mass is 32.1. The first-order valence-corrected chi connectivity index (χ1v) is 9.96. The van der Waals surface area contributed by atoms with Crippen molar-refractivity contribution in [3.8, 4) is 11.3 Å². The number of pyridine rings is 1. The van der Waals surface area contributed by atoms with Crippen molar-refractivity contribution in [3.63, 3.8) is 0 Å². The summed E-state index contributed by atoms with van der Waals surface area (Å²) in [6.07, 6.45) is 2.48. The van der Waals surface area contributed by atoms with Gasteiger partial charge in [-0.05, 0) is 26.3 Å². The summed E-state index contributed by atoms with van der Waals surface area (Å²) in [7, 11) is 0. The second-order valence-electron chi connectivity index (χ2n) is 6.65. The summed E-state index contributed by atoms with van der Waals surface area (Å²) in [4.78, 5) is 17.8. The molecule has 0 saturated carbocycles. The Bertz CT molecular complexity index is 1130. The van der Waals surface area contributed by atoms with Crippen molar-refractivity contribution in [2.75, 3.05) is 5.32 Å². The Balaban J connectivity index is 1.82. The van der Waals surface area contributed by atoms with Crippen LogP contribution in [0.3, 0.4) is 0 Å². The lowest BCUT2D eigenvalue weighted by Gasteiger charge is -2.10. The van der Waals surface area contributed by atoms with Crippen LogP contribution in [0.15, 0.2) is 42.6 Å². The number of fused-ring (bicyclic) bond motifs is 1. The summed E-state index contributed by atoms with van der Waals surface area (Å²) in [5.74, 6) is -0.244. The fourth-order valence-electron chi connectivity index (χ4n) is 2.95. The Morgan fingerprint density at radius 1 is 1.21 bits per heavy atom. The average Bonchev–Trinajstić information content (AvgIpc) is 3.34. The SMILES string of the molecule is CCc1nnc(NC(=O)c2cc(-c3ccccc3)nc3c2cnn3C(C)C)s1. The van der Waals surface area contributed by atoms with E-state index in [1.165, 1.54) is 11.3 Å². The molecule has 0 aliphatic carbocycles. The van der Waals surface area contributed by atoms with E-state index in [1.54, 1.807) is 12.3 Å². The fraction of sp³-hybridized carbons (Fsp3) is 0.250. The Morgan fingerprint density at radius 3 is 2.68 bits per heavy atom. The molecule has 4 aromatic rings. The summed E-state index contributed by atoms with van der Waals surface area (Å²) in [6.45, 7) is 6.08. The monoisotopic (exact) mass is 392 g/mol. The van der Waals surface area contributed by atoms with Crippen LogP contribution in [-0.2, 0) is 6.42 Å². The smallest absolute Gasteiger partial charge is 0.258 e. The number of hydrogen-bond acceptors (Lipinski definition) is 6. The number of benzene rings is 1. The highest BCUT2D eigenvalue weighted by molar-refractivity contribution is 7.15. The number of anilines is 1. The van der Waals surface area contributed by atoms with Gasteiger partial charge in [0.1, 0.15) is 5.01 Å². The predicted molar refractivity (Wildman–Crippen MR) is 111 cm³/mol. The van der Waals surface area contributed by atoms with E-state index in [9.17, 15) is 4.79 Å². The lowest BCUT2D eigenvalue weighted by atomic mass is 10.1. The van der Waals surface area contributed by atoms with E-state index in [-0.39, 0.29) is 11.9 Å². The zero-order valence-corrected chi connectivity index (χ0v) is 16.7.